The van der Waals surface area contributed by atoms with Crippen molar-refractivity contribution in [3.63, 3.8) is 0 Å². The number of fused-ring (bicyclic) bond motifs is 1. The summed E-state index contributed by atoms with van der Waals surface area (Å²) in [4.78, 5) is 25.4. The lowest BCUT2D eigenvalue weighted by Crippen LogP contribution is -2.31. The number of rotatable bonds is 4. The van der Waals surface area contributed by atoms with Gasteiger partial charge in [0.05, 0.1) is 13.1 Å². The van der Waals surface area contributed by atoms with Gasteiger partial charge in [0, 0.05) is 31.3 Å². The average molecular weight is 361 g/mol. The van der Waals surface area contributed by atoms with E-state index in [9.17, 15) is 9.59 Å². The summed E-state index contributed by atoms with van der Waals surface area (Å²) in [5, 5.41) is 5.46. The van der Waals surface area contributed by atoms with E-state index in [0.29, 0.717) is 24.3 Å². The van der Waals surface area contributed by atoms with Crippen LogP contribution in [0.1, 0.15) is 28.4 Å². The maximum atomic E-state index is 12.1. The fourth-order valence-electron chi connectivity index (χ4n) is 3.05. The Labute approximate surface area is 159 Å². The highest BCUT2D eigenvalue weighted by Crippen LogP contribution is 2.17. The monoisotopic (exact) mass is 361 g/mol. The SMILES string of the molecule is CC(=O)Nc1ccc(C(=O)NCC#CCN2CCc3ccccc3C2)cc1. The van der Waals surface area contributed by atoms with Gasteiger partial charge in [0.15, 0.2) is 0 Å². The molecule has 1 aliphatic heterocycles. The van der Waals surface area contributed by atoms with E-state index in [-0.39, 0.29) is 11.8 Å². The van der Waals surface area contributed by atoms with E-state index >= 15 is 0 Å². The van der Waals surface area contributed by atoms with Crippen LogP contribution in [0.4, 0.5) is 5.69 Å². The minimum atomic E-state index is -0.175. The molecule has 2 amide bonds. The van der Waals surface area contributed by atoms with Crippen LogP contribution in [0.25, 0.3) is 0 Å². The van der Waals surface area contributed by atoms with Gasteiger partial charge in [-0.05, 0) is 41.8 Å². The number of carbonyl (C=O) groups is 2. The summed E-state index contributed by atoms with van der Waals surface area (Å²) in [6.07, 6.45) is 1.06. The Morgan fingerprint density at radius 3 is 2.52 bits per heavy atom. The lowest BCUT2D eigenvalue weighted by Gasteiger charge is -2.26. The van der Waals surface area contributed by atoms with Gasteiger partial charge < -0.3 is 10.6 Å². The average Bonchev–Trinajstić information content (AvgIpc) is 2.67. The van der Waals surface area contributed by atoms with Crippen molar-refractivity contribution in [3.05, 3.63) is 65.2 Å². The summed E-state index contributed by atoms with van der Waals surface area (Å²) in [6, 6.07) is 15.3. The zero-order valence-corrected chi connectivity index (χ0v) is 15.4. The van der Waals surface area contributed by atoms with Crippen LogP contribution in [0.5, 0.6) is 0 Å². The second kappa shape index (κ2) is 9.02. The van der Waals surface area contributed by atoms with Gasteiger partial charge >= 0.3 is 0 Å². The number of nitrogens with one attached hydrogen (secondary N) is 2. The lowest BCUT2D eigenvalue weighted by atomic mass is 10.0. The van der Waals surface area contributed by atoms with E-state index in [4.69, 9.17) is 0 Å². The van der Waals surface area contributed by atoms with Crippen molar-refractivity contribution in [2.45, 2.75) is 19.9 Å². The van der Waals surface area contributed by atoms with Gasteiger partial charge in [-0.25, -0.2) is 0 Å². The molecule has 138 valence electrons. The van der Waals surface area contributed by atoms with Crippen LogP contribution in [-0.4, -0.2) is 36.3 Å². The van der Waals surface area contributed by atoms with Crippen LogP contribution in [0.3, 0.4) is 0 Å². The van der Waals surface area contributed by atoms with Crippen LogP contribution in [0.2, 0.25) is 0 Å². The van der Waals surface area contributed by atoms with Crippen LogP contribution >= 0.6 is 0 Å². The fourth-order valence-corrected chi connectivity index (χ4v) is 3.05. The Balaban J connectivity index is 1.42. The van der Waals surface area contributed by atoms with Crippen LogP contribution in [-0.2, 0) is 17.8 Å². The highest BCUT2D eigenvalue weighted by Gasteiger charge is 2.14. The van der Waals surface area contributed by atoms with Crippen LogP contribution in [0, 0.1) is 11.8 Å². The molecule has 0 spiro atoms. The number of hydrogen-bond acceptors (Lipinski definition) is 3. The second-order valence-electron chi connectivity index (χ2n) is 6.52. The summed E-state index contributed by atoms with van der Waals surface area (Å²) >= 11 is 0. The first kappa shape index (κ1) is 18.7. The third-order valence-electron chi connectivity index (χ3n) is 4.44. The molecule has 2 aromatic carbocycles. The molecule has 0 aliphatic carbocycles. The highest BCUT2D eigenvalue weighted by molar-refractivity contribution is 5.95. The molecule has 1 aliphatic rings. The van der Waals surface area contributed by atoms with Crippen molar-refractivity contribution in [1.29, 1.82) is 0 Å². The lowest BCUT2D eigenvalue weighted by molar-refractivity contribution is -0.114. The Bertz CT molecular complexity index is 878. The maximum absolute atomic E-state index is 12.1. The Kier molecular flexibility index (Phi) is 6.24. The minimum absolute atomic E-state index is 0.139. The molecule has 0 bridgehead atoms. The van der Waals surface area contributed by atoms with Crippen LogP contribution in [0.15, 0.2) is 48.5 Å². The Morgan fingerprint density at radius 1 is 1.04 bits per heavy atom. The molecule has 27 heavy (non-hydrogen) atoms. The van der Waals surface area contributed by atoms with Crippen molar-refractivity contribution >= 4 is 17.5 Å². The number of hydrogen-bond donors (Lipinski definition) is 2. The largest absolute Gasteiger partial charge is 0.341 e. The van der Waals surface area contributed by atoms with Gasteiger partial charge in [-0.3, -0.25) is 14.5 Å². The predicted molar refractivity (Wildman–Crippen MR) is 106 cm³/mol. The molecule has 0 saturated carbocycles. The normalized spacial score (nSPS) is 13.1. The molecular formula is C22H23N3O2. The van der Waals surface area contributed by atoms with Crippen molar-refractivity contribution in [1.82, 2.24) is 10.2 Å². The maximum Gasteiger partial charge on any atom is 0.252 e. The van der Waals surface area contributed by atoms with Gasteiger partial charge in [0.1, 0.15) is 0 Å². The second-order valence-corrected chi connectivity index (χ2v) is 6.52. The van der Waals surface area contributed by atoms with Crippen molar-refractivity contribution in [2.24, 2.45) is 0 Å². The molecule has 1 heterocycles. The molecular weight excluding hydrogens is 338 g/mol. The van der Waals surface area contributed by atoms with Crippen molar-refractivity contribution < 1.29 is 9.59 Å². The van der Waals surface area contributed by atoms with E-state index in [1.54, 1.807) is 24.3 Å². The van der Waals surface area contributed by atoms with Crippen LogP contribution < -0.4 is 10.6 Å². The molecule has 5 heteroatoms. The number of amides is 2. The molecule has 0 fully saturated rings. The number of carbonyl (C=O) groups excluding carboxylic acids is 2. The van der Waals surface area contributed by atoms with Gasteiger partial charge in [0.25, 0.3) is 5.91 Å². The summed E-state index contributed by atoms with van der Waals surface area (Å²) in [6.45, 7) is 4.41. The summed E-state index contributed by atoms with van der Waals surface area (Å²) in [7, 11) is 0. The third kappa shape index (κ3) is 5.44. The minimum Gasteiger partial charge on any atom is -0.341 e. The molecule has 3 rings (SSSR count). The van der Waals surface area contributed by atoms with Gasteiger partial charge in [-0.15, -0.1) is 0 Å². The van der Waals surface area contributed by atoms with E-state index < -0.39 is 0 Å². The van der Waals surface area contributed by atoms with E-state index in [0.717, 1.165) is 19.5 Å². The van der Waals surface area contributed by atoms with Crippen molar-refractivity contribution in [2.75, 3.05) is 25.0 Å². The van der Waals surface area contributed by atoms with E-state index in [2.05, 4.69) is 51.6 Å². The molecule has 5 nitrogen and oxygen atoms in total. The summed E-state index contributed by atoms with van der Waals surface area (Å²) in [5.74, 6) is 5.84. The first-order chi connectivity index (χ1) is 13.1. The quantitative estimate of drug-likeness (QED) is 0.823. The van der Waals surface area contributed by atoms with Gasteiger partial charge in [0.2, 0.25) is 5.91 Å². The predicted octanol–water partition coefficient (Wildman–Crippen LogP) is 2.44. The zero-order chi connectivity index (χ0) is 19.1. The Hall–Kier alpha value is -3.10. The number of anilines is 1. The highest BCUT2D eigenvalue weighted by atomic mass is 16.2. The van der Waals surface area contributed by atoms with E-state index in [1.165, 1.54) is 18.1 Å². The first-order valence-electron chi connectivity index (χ1n) is 9.02. The van der Waals surface area contributed by atoms with E-state index in [1.807, 2.05) is 0 Å². The molecule has 2 N–H and O–H groups in total. The smallest absolute Gasteiger partial charge is 0.252 e. The summed E-state index contributed by atoms with van der Waals surface area (Å²) in [5.41, 5.74) is 4.01. The Morgan fingerprint density at radius 2 is 1.78 bits per heavy atom. The van der Waals surface area contributed by atoms with Gasteiger partial charge in [-0.2, -0.15) is 0 Å². The summed E-state index contributed by atoms with van der Waals surface area (Å²) < 4.78 is 0. The van der Waals surface area contributed by atoms with Crippen molar-refractivity contribution in [3.8, 4) is 11.8 Å². The zero-order valence-electron chi connectivity index (χ0n) is 15.4. The molecule has 0 radical (unpaired) electrons. The number of nitrogens with zero attached hydrogens (tertiary/aromatic N) is 1. The molecule has 0 aromatic heterocycles. The van der Waals surface area contributed by atoms with Gasteiger partial charge in [-0.1, -0.05) is 36.1 Å². The molecule has 0 atom stereocenters. The topological polar surface area (TPSA) is 61.4 Å². The first-order valence-corrected chi connectivity index (χ1v) is 9.02. The third-order valence-corrected chi connectivity index (χ3v) is 4.44. The molecule has 0 saturated heterocycles. The molecule has 0 unspecified atom stereocenters. The number of benzene rings is 2. The standard InChI is InChI=1S/C22H23N3O2/c1-17(26)24-21-10-8-19(9-11-21)22(27)23-13-4-5-14-25-15-12-18-6-2-3-7-20(18)16-25/h2-3,6-11H,12-16H2,1H3,(H,23,27)(H,24,26). The molecule has 2 aromatic rings. The fraction of sp³-hybridized carbons (Fsp3) is 0.273.